The molecule has 5 nitrogen and oxygen atoms in total. The quantitative estimate of drug-likeness (QED) is 0.918. The van der Waals surface area contributed by atoms with E-state index in [1.165, 1.54) is 5.56 Å². The fraction of sp³-hybridized carbons (Fsp3) is 0.421. The van der Waals surface area contributed by atoms with Crippen molar-refractivity contribution >= 4 is 5.91 Å². The fourth-order valence-electron chi connectivity index (χ4n) is 3.07. The number of carbonyl (C=O) groups is 1. The van der Waals surface area contributed by atoms with E-state index < -0.39 is 0 Å². The number of para-hydroxylation sites is 1. The molecule has 2 heterocycles. The van der Waals surface area contributed by atoms with Gasteiger partial charge in [-0.25, -0.2) is 0 Å². The fourth-order valence-corrected chi connectivity index (χ4v) is 3.07. The molecule has 0 radical (unpaired) electrons. The predicted octanol–water partition coefficient (Wildman–Crippen LogP) is 2.54. The highest BCUT2D eigenvalue weighted by molar-refractivity contribution is 5.92. The molecule has 1 aliphatic heterocycles. The lowest BCUT2D eigenvalue weighted by Crippen LogP contribution is -2.41. The Morgan fingerprint density at radius 3 is 2.71 bits per heavy atom. The smallest absolute Gasteiger partial charge is 0.269 e. The lowest BCUT2D eigenvalue weighted by molar-refractivity contribution is 0.0821. The Labute approximate surface area is 143 Å². The number of amides is 1. The molecule has 0 unspecified atom stereocenters. The van der Waals surface area contributed by atoms with E-state index in [1.54, 1.807) is 19.0 Å². The van der Waals surface area contributed by atoms with Gasteiger partial charge in [0.05, 0.1) is 0 Å². The molecule has 2 aromatic rings. The standard InChI is InChI=1S/C19H25N3O2/c1-13(18-11-14-7-5-6-8-17(14)24-18)22(4)12-15-9-10-16(20-15)19(23)21(2)3/h5-10,13,18,20H,11-12H2,1-4H3/t13-,18+/m1/s1. The van der Waals surface area contributed by atoms with Gasteiger partial charge in [-0.15, -0.1) is 0 Å². The van der Waals surface area contributed by atoms with Gasteiger partial charge < -0.3 is 14.6 Å². The monoisotopic (exact) mass is 327 g/mol. The van der Waals surface area contributed by atoms with Crippen LogP contribution in [0.1, 0.15) is 28.7 Å². The number of fused-ring (bicyclic) bond motifs is 1. The van der Waals surface area contributed by atoms with Gasteiger partial charge in [0.15, 0.2) is 0 Å². The number of aromatic nitrogens is 1. The SMILES string of the molecule is C[C@H]([C@@H]1Cc2ccccc2O1)N(C)Cc1ccc(C(=O)N(C)C)[nH]1. The Balaban J connectivity index is 1.61. The summed E-state index contributed by atoms with van der Waals surface area (Å²) in [7, 11) is 5.60. The number of hydrogen-bond acceptors (Lipinski definition) is 3. The van der Waals surface area contributed by atoms with Gasteiger partial charge in [-0.1, -0.05) is 18.2 Å². The van der Waals surface area contributed by atoms with Crippen LogP contribution >= 0.6 is 0 Å². The van der Waals surface area contributed by atoms with Crippen LogP contribution in [0, 0.1) is 0 Å². The lowest BCUT2D eigenvalue weighted by Gasteiger charge is -2.28. The molecule has 1 amide bonds. The molecule has 1 aromatic carbocycles. The van der Waals surface area contributed by atoms with Crippen molar-refractivity contribution in [3.8, 4) is 5.75 Å². The van der Waals surface area contributed by atoms with Crippen LogP contribution in [-0.2, 0) is 13.0 Å². The number of hydrogen-bond donors (Lipinski definition) is 1. The third kappa shape index (κ3) is 3.31. The van der Waals surface area contributed by atoms with Crippen molar-refractivity contribution in [1.82, 2.24) is 14.8 Å². The Morgan fingerprint density at radius 1 is 1.25 bits per heavy atom. The van der Waals surface area contributed by atoms with E-state index in [0.29, 0.717) is 5.69 Å². The van der Waals surface area contributed by atoms with Crippen molar-refractivity contribution in [2.45, 2.75) is 32.0 Å². The van der Waals surface area contributed by atoms with Crippen LogP contribution in [0.25, 0.3) is 0 Å². The molecule has 5 heteroatoms. The van der Waals surface area contributed by atoms with Crippen LogP contribution in [0.2, 0.25) is 0 Å². The second-order valence-electron chi connectivity index (χ2n) is 6.72. The molecule has 0 aliphatic carbocycles. The van der Waals surface area contributed by atoms with Crippen molar-refractivity contribution in [3.05, 3.63) is 53.3 Å². The highest BCUT2D eigenvalue weighted by Crippen LogP contribution is 2.30. The van der Waals surface area contributed by atoms with E-state index in [0.717, 1.165) is 24.4 Å². The molecule has 0 bridgehead atoms. The van der Waals surface area contributed by atoms with Crippen molar-refractivity contribution in [2.24, 2.45) is 0 Å². The molecule has 3 rings (SSSR count). The van der Waals surface area contributed by atoms with Crippen LogP contribution in [-0.4, -0.2) is 54.0 Å². The first-order valence-electron chi connectivity index (χ1n) is 8.30. The zero-order chi connectivity index (χ0) is 17.3. The van der Waals surface area contributed by atoms with Crippen molar-refractivity contribution in [2.75, 3.05) is 21.1 Å². The lowest BCUT2D eigenvalue weighted by atomic mass is 10.0. The Bertz CT molecular complexity index is 698. The van der Waals surface area contributed by atoms with E-state index in [4.69, 9.17) is 4.74 Å². The minimum atomic E-state index is -0.00785. The first kappa shape index (κ1) is 16.6. The van der Waals surface area contributed by atoms with Crippen LogP contribution < -0.4 is 4.74 Å². The van der Waals surface area contributed by atoms with E-state index >= 15 is 0 Å². The second-order valence-corrected chi connectivity index (χ2v) is 6.72. The van der Waals surface area contributed by atoms with Gasteiger partial charge in [-0.05, 0) is 37.7 Å². The third-order valence-electron chi connectivity index (χ3n) is 4.71. The second kappa shape index (κ2) is 6.69. The summed E-state index contributed by atoms with van der Waals surface area (Å²) in [5.74, 6) is 0.994. The highest BCUT2D eigenvalue weighted by atomic mass is 16.5. The molecule has 1 aromatic heterocycles. The number of aromatic amines is 1. The Kier molecular flexibility index (Phi) is 4.62. The number of nitrogens with one attached hydrogen (secondary N) is 1. The van der Waals surface area contributed by atoms with Crippen molar-refractivity contribution < 1.29 is 9.53 Å². The zero-order valence-electron chi connectivity index (χ0n) is 14.7. The molecule has 0 fully saturated rings. The molecule has 0 saturated carbocycles. The van der Waals surface area contributed by atoms with Gasteiger partial charge in [-0.3, -0.25) is 9.69 Å². The first-order chi connectivity index (χ1) is 11.5. The molecule has 0 saturated heterocycles. The largest absolute Gasteiger partial charge is 0.488 e. The first-order valence-corrected chi connectivity index (χ1v) is 8.30. The van der Waals surface area contributed by atoms with Crippen molar-refractivity contribution in [3.63, 3.8) is 0 Å². The molecular formula is C19H25N3O2. The summed E-state index contributed by atoms with van der Waals surface area (Å²) >= 11 is 0. The summed E-state index contributed by atoms with van der Waals surface area (Å²) in [5.41, 5.74) is 2.94. The third-order valence-corrected chi connectivity index (χ3v) is 4.71. The Morgan fingerprint density at radius 2 is 2.00 bits per heavy atom. The number of rotatable bonds is 5. The summed E-state index contributed by atoms with van der Waals surface area (Å²) in [6, 6.07) is 12.3. The van der Waals surface area contributed by atoms with Gasteiger partial charge >= 0.3 is 0 Å². The van der Waals surface area contributed by atoms with Crippen LogP contribution in [0.5, 0.6) is 5.75 Å². The number of ether oxygens (including phenoxy) is 1. The van der Waals surface area contributed by atoms with Gasteiger partial charge in [0.25, 0.3) is 5.91 Å². The number of likely N-dealkylation sites (N-methyl/N-ethyl adjacent to an activating group) is 1. The number of H-pyrrole nitrogens is 1. The van der Waals surface area contributed by atoms with Crippen molar-refractivity contribution in [1.29, 1.82) is 0 Å². The molecule has 24 heavy (non-hydrogen) atoms. The molecular weight excluding hydrogens is 302 g/mol. The number of carbonyl (C=O) groups excluding carboxylic acids is 1. The topological polar surface area (TPSA) is 48.6 Å². The maximum Gasteiger partial charge on any atom is 0.269 e. The molecule has 2 atom stereocenters. The summed E-state index contributed by atoms with van der Waals surface area (Å²) in [5, 5.41) is 0. The average Bonchev–Trinajstić information content (AvgIpc) is 3.19. The van der Waals surface area contributed by atoms with Crippen LogP contribution in [0.4, 0.5) is 0 Å². The molecule has 0 spiro atoms. The molecule has 1 N–H and O–H groups in total. The average molecular weight is 327 g/mol. The summed E-state index contributed by atoms with van der Waals surface area (Å²) in [6.07, 6.45) is 1.10. The van der Waals surface area contributed by atoms with Gasteiger partial charge in [0, 0.05) is 38.8 Å². The molecule has 128 valence electrons. The zero-order valence-corrected chi connectivity index (χ0v) is 14.7. The highest BCUT2D eigenvalue weighted by Gasteiger charge is 2.29. The van der Waals surface area contributed by atoms with E-state index in [1.807, 2.05) is 24.3 Å². The summed E-state index contributed by atoms with van der Waals surface area (Å²) < 4.78 is 6.09. The molecule has 1 aliphatic rings. The van der Waals surface area contributed by atoms with Gasteiger partial charge in [-0.2, -0.15) is 0 Å². The van der Waals surface area contributed by atoms with E-state index in [9.17, 15) is 4.79 Å². The van der Waals surface area contributed by atoms with E-state index in [-0.39, 0.29) is 18.1 Å². The maximum absolute atomic E-state index is 12.0. The number of benzene rings is 1. The van der Waals surface area contributed by atoms with Crippen LogP contribution in [0.15, 0.2) is 36.4 Å². The normalized spacial score (nSPS) is 17.5. The predicted molar refractivity (Wildman–Crippen MR) is 94.3 cm³/mol. The Hall–Kier alpha value is -2.27. The maximum atomic E-state index is 12.0. The minimum absolute atomic E-state index is 0.00785. The number of nitrogens with zero attached hydrogens (tertiary/aromatic N) is 2. The summed E-state index contributed by atoms with van der Waals surface area (Å²) in [4.78, 5) is 19.0. The summed E-state index contributed by atoms with van der Waals surface area (Å²) in [6.45, 7) is 2.93. The van der Waals surface area contributed by atoms with E-state index in [2.05, 4.69) is 36.0 Å². The minimum Gasteiger partial charge on any atom is -0.488 e. The van der Waals surface area contributed by atoms with Gasteiger partial charge in [0.2, 0.25) is 0 Å². The van der Waals surface area contributed by atoms with Gasteiger partial charge in [0.1, 0.15) is 17.5 Å². The van der Waals surface area contributed by atoms with Crippen LogP contribution in [0.3, 0.4) is 0 Å².